The minimum atomic E-state index is -0.867. The number of aliphatic hydroxyl groups excluding tert-OH is 2. The molecular formula is C18H22O5. The summed E-state index contributed by atoms with van der Waals surface area (Å²) in [6, 6.07) is 12.5. The lowest BCUT2D eigenvalue weighted by Crippen LogP contribution is -2.15. The zero-order valence-electron chi connectivity index (χ0n) is 13.5. The molecule has 0 aliphatic heterocycles. The average molecular weight is 318 g/mol. The molecule has 2 aromatic rings. The maximum absolute atomic E-state index is 10.7. The van der Waals surface area contributed by atoms with E-state index in [1.165, 1.54) is 0 Å². The van der Waals surface area contributed by atoms with Gasteiger partial charge in [0.15, 0.2) is 11.5 Å². The Morgan fingerprint density at radius 3 is 1.96 bits per heavy atom. The highest BCUT2D eigenvalue weighted by molar-refractivity contribution is 5.44. The Kier molecular flexibility index (Phi) is 5.84. The van der Waals surface area contributed by atoms with Gasteiger partial charge in [0.2, 0.25) is 0 Å². The third-order valence-electron chi connectivity index (χ3n) is 3.87. The molecule has 0 heterocycles. The minimum Gasteiger partial charge on any atom is -0.497 e. The molecule has 2 atom stereocenters. The summed E-state index contributed by atoms with van der Waals surface area (Å²) < 4.78 is 15.6. The van der Waals surface area contributed by atoms with Crippen molar-refractivity contribution in [2.75, 3.05) is 27.9 Å². The summed E-state index contributed by atoms with van der Waals surface area (Å²) in [5, 5.41) is 20.4. The van der Waals surface area contributed by atoms with Crippen molar-refractivity contribution in [3.8, 4) is 17.2 Å². The molecule has 0 spiro atoms. The highest BCUT2D eigenvalue weighted by atomic mass is 16.5. The maximum atomic E-state index is 10.7. The summed E-state index contributed by atoms with van der Waals surface area (Å²) in [6.07, 6.45) is -0.867. The van der Waals surface area contributed by atoms with Crippen LogP contribution in [0.4, 0.5) is 0 Å². The first-order valence-corrected chi connectivity index (χ1v) is 7.29. The number of aliphatic hydroxyl groups is 2. The van der Waals surface area contributed by atoms with Gasteiger partial charge in [-0.05, 0) is 35.4 Å². The second-order valence-electron chi connectivity index (χ2n) is 5.12. The van der Waals surface area contributed by atoms with E-state index in [1.807, 2.05) is 12.1 Å². The Labute approximate surface area is 136 Å². The van der Waals surface area contributed by atoms with Crippen molar-refractivity contribution in [2.45, 2.75) is 12.0 Å². The number of methoxy groups -OCH3 is 3. The third kappa shape index (κ3) is 3.75. The van der Waals surface area contributed by atoms with E-state index in [1.54, 1.807) is 51.7 Å². The van der Waals surface area contributed by atoms with Gasteiger partial charge in [-0.2, -0.15) is 0 Å². The first-order chi connectivity index (χ1) is 11.1. The molecule has 124 valence electrons. The highest BCUT2D eigenvalue weighted by Gasteiger charge is 2.23. The minimum absolute atomic E-state index is 0.179. The van der Waals surface area contributed by atoms with Crippen molar-refractivity contribution in [2.24, 2.45) is 0 Å². The molecule has 2 aromatic carbocycles. The number of rotatable bonds is 7. The molecule has 2 rings (SSSR count). The molecule has 0 bridgehead atoms. The van der Waals surface area contributed by atoms with Gasteiger partial charge in [-0.25, -0.2) is 0 Å². The second-order valence-corrected chi connectivity index (χ2v) is 5.12. The van der Waals surface area contributed by atoms with Gasteiger partial charge in [-0.15, -0.1) is 0 Å². The Morgan fingerprint density at radius 1 is 0.826 bits per heavy atom. The molecule has 0 radical (unpaired) electrons. The van der Waals surface area contributed by atoms with Crippen LogP contribution in [-0.4, -0.2) is 38.1 Å². The maximum Gasteiger partial charge on any atom is 0.161 e. The second kappa shape index (κ2) is 7.85. The number of hydrogen-bond acceptors (Lipinski definition) is 5. The van der Waals surface area contributed by atoms with Crippen LogP contribution in [0.3, 0.4) is 0 Å². The fourth-order valence-electron chi connectivity index (χ4n) is 2.51. The normalized spacial score (nSPS) is 13.3. The Bertz CT molecular complexity index is 624. The van der Waals surface area contributed by atoms with Gasteiger partial charge < -0.3 is 24.4 Å². The van der Waals surface area contributed by atoms with Gasteiger partial charge >= 0.3 is 0 Å². The van der Waals surface area contributed by atoms with Crippen LogP contribution in [-0.2, 0) is 0 Å². The predicted octanol–water partition coefficient (Wildman–Crippen LogP) is 2.52. The van der Waals surface area contributed by atoms with Crippen LogP contribution in [0.1, 0.15) is 23.1 Å². The molecule has 0 aliphatic rings. The van der Waals surface area contributed by atoms with Crippen molar-refractivity contribution < 1.29 is 24.4 Å². The van der Waals surface area contributed by atoms with E-state index in [0.717, 1.165) is 11.3 Å². The molecule has 2 N–H and O–H groups in total. The van der Waals surface area contributed by atoms with Crippen LogP contribution < -0.4 is 14.2 Å². The summed E-state index contributed by atoms with van der Waals surface area (Å²) in [5.74, 6) is 1.41. The van der Waals surface area contributed by atoms with Crippen LogP contribution in [0.15, 0.2) is 42.5 Å². The van der Waals surface area contributed by atoms with Gasteiger partial charge in [0.25, 0.3) is 0 Å². The number of hydrogen-bond donors (Lipinski definition) is 2. The summed E-state index contributed by atoms with van der Waals surface area (Å²) in [4.78, 5) is 0. The average Bonchev–Trinajstić information content (AvgIpc) is 2.62. The summed E-state index contributed by atoms with van der Waals surface area (Å²) in [5.41, 5.74) is 1.48. The predicted molar refractivity (Wildman–Crippen MR) is 87.3 cm³/mol. The van der Waals surface area contributed by atoms with E-state index in [-0.39, 0.29) is 6.61 Å². The molecule has 0 fully saturated rings. The van der Waals surface area contributed by atoms with Crippen molar-refractivity contribution in [3.05, 3.63) is 53.6 Å². The van der Waals surface area contributed by atoms with E-state index >= 15 is 0 Å². The summed E-state index contributed by atoms with van der Waals surface area (Å²) in [6.45, 7) is -0.179. The van der Waals surface area contributed by atoms with Crippen LogP contribution in [0.2, 0.25) is 0 Å². The van der Waals surface area contributed by atoms with E-state index in [2.05, 4.69) is 0 Å². The third-order valence-corrected chi connectivity index (χ3v) is 3.87. The molecule has 5 heteroatoms. The van der Waals surface area contributed by atoms with Gasteiger partial charge in [-0.3, -0.25) is 0 Å². The molecule has 0 saturated carbocycles. The van der Waals surface area contributed by atoms with Gasteiger partial charge in [0, 0.05) is 5.92 Å². The Balaban J connectivity index is 2.29. The lowest BCUT2D eigenvalue weighted by atomic mass is 9.89. The van der Waals surface area contributed by atoms with Crippen LogP contribution in [0.5, 0.6) is 17.2 Å². The van der Waals surface area contributed by atoms with E-state index in [4.69, 9.17) is 14.2 Å². The highest BCUT2D eigenvalue weighted by Crippen LogP contribution is 2.36. The summed E-state index contributed by atoms with van der Waals surface area (Å²) in [7, 11) is 4.69. The lowest BCUT2D eigenvalue weighted by Gasteiger charge is -2.23. The monoisotopic (exact) mass is 318 g/mol. The molecule has 0 unspecified atom stereocenters. The van der Waals surface area contributed by atoms with Gasteiger partial charge in [-0.1, -0.05) is 18.2 Å². The first-order valence-electron chi connectivity index (χ1n) is 7.29. The zero-order valence-corrected chi connectivity index (χ0v) is 13.5. The van der Waals surface area contributed by atoms with Crippen molar-refractivity contribution in [3.63, 3.8) is 0 Å². The molecule has 0 aromatic heterocycles. The largest absolute Gasteiger partial charge is 0.497 e. The van der Waals surface area contributed by atoms with Gasteiger partial charge in [0.05, 0.1) is 34.0 Å². The van der Waals surface area contributed by atoms with E-state index in [0.29, 0.717) is 17.1 Å². The molecule has 0 saturated heterocycles. The molecule has 0 amide bonds. The van der Waals surface area contributed by atoms with Crippen LogP contribution >= 0.6 is 0 Å². The van der Waals surface area contributed by atoms with Crippen molar-refractivity contribution in [1.29, 1.82) is 0 Å². The van der Waals surface area contributed by atoms with Crippen LogP contribution in [0, 0.1) is 0 Å². The Morgan fingerprint density at radius 2 is 1.43 bits per heavy atom. The quantitative estimate of drug-likeness (QED) is 0.821. The van der Waals surface area contributed by atoms with E-state index < -0.39 is 12.0 Å². The number of ether oxygens (including phenoxy) is 3. The zero-order chi connectivity index (χ0) is 16.8. The molecule has 5 nitrogen and oxygen atoms in total. The van der Waals surface area contributed by atoms with Crippen molar-refractivity contribution in [1.82, 2.24) is 0 Å². The SMILES string of the molecule is COc1ccc([C@@H](CO)[C@@H](O)c2ccc(OC)c(OC)c2)cc1. The van der Waals surface area contributed by atoms with Gasteiger partial charge in [0.1, 0.15) is 5.75 Å². The smallest absolute Gasteiger partial charge is 0.161 e. The standard InChI is InChI=1S/C18H22O5/c1-21-14-7-4-12(5-8-14)15(11-19)18(20)13-6-9-16(22-2)17(10-13)23-3/h4-10,15,18-20H,11H2,1-3H3/t15-,18+/m1/s1. The molecule has 23 heavy (non-hydrogen) atoms. The first kappa shape index (κ1) is 17.1. The lowest BCUT2D eigenvalue weighted by molar-refractivity contribution is 0.106. The fourth-order valence-corrected chi connectivity index (χ4v) is 2.51. The van der Waals surface area contributed by atoms with Crippen molar-refractivity contribution >= 4 is 0 Å². The number of benzene rings is 2. The fraction of sp³-hybridized carbons (Fsp3) is 0.333. The molecule has 0 aliphatic carbocycles. The summed E-state index contributed by atoms with van der Waals surface area (Å²) >= 11 is 0. The topological polar surface area (TPSA) is 68.2 Å². The Hall–Kier alpha value is -2.24. The van der Waals surface area contributed by atoms with Crippen LogP contribution in [0.25, 0.3) is 0 Å². The molecular weight excluding hydrogens is 296 g/mol. The van der Waals surface area contributed by atoms with E-state index in [9.17, 15) is 10.2 Å².